The first kappa shape index (κ1) is 17.6. The zero-order chi connectivity index (χ0) is 18.2. The maximum absolute atomic E-state index is 12.8. The molecule has 2 saturated heterocycles. The minimum absolute atomic E-state index is 0.117. The number of nitrogens with one attached hydrogen (secondary N) is 1. The summed E-state index contributed by atoms with van der Waals surface area (Å²) in [6.07, 6.45) is 1.99. The standard InChI is InChI=1S/C19H24N2O4/c1-18(2,25)7-6-13-4-3-5-14(10-13)16(23)21-9-8-19(12-21)11-15(22)20-17(19)24/h3-5,10,25H,6-9,11-12H2,1-2H3,(H,20,22,24)/t19-/m0/s1. The molecule has 25 heavy (non-hydrogen) atoms. The molecule has 0 aromatic heterocycles. The third-order valence-electron chi connectivity index (χ3n) is 5.07. The van der Waals surface area contributed by atoms with Gasteiger partial charge in [-0.1, -0.05) is 12.1 Å². The number of amides is 3. The number of carbonyl (C=O) groups excluding carboxylic acids is 3. The van der Waals surface area contributed by atoms with Gasteiger partial charge in [-0.25, -0.2) is 0 Å². The lowest BCUT2D eigenvalue weighted by molar-refractivity contribution is -0.128. The van der Waals surface area contributed by atoms with E-state index in [1.807, 2.05) is 18.2 Å². The highest BCUT2D eigenvalue weighted by Gasteiger charge is 2.51. The van der Waals surface area contributed by atoms with E-state index < -0.39 is 11.0 Å². The van der Waals surface area contributed by atoms with Gasteiger partial charge in [0.1, 0.15) is 0 Å². The van der Waals surface area contributed by atoms with E-state index in [9.17, 15) is 19.5 Å². The number of aliphatic hydroxyl groups is 1. The minimum atomic E-state index is -0.746. The van der Waals surface area contributed by atoms with Crippen molar-refractivity contribution in [1.82, 2.24) is 10.2 Å². The Hall–Kier alpha value is -2.21. The predicted molar refractivity (Wildman–Crippen MR) is 91.8 cm³/mol. The van der Waals surface area contributed by atoms with Crippen LogP contribution in [0.5, 0.6) is 0 Å². The monoisotopic (exact) mass is 344 g/mol. The summed E-state index contributed by atoms with van der Waals surface area (Å²) in [6, 6.07) is 7.39. The van der Waals surface area contributed by atoms with Crippen LogP contribution in [-0.2, 0) is 16.0 Å². The lowest BCUT2D eigenvalue weighted by Gasteiger charge is -2.21. The van der Waals surface area contributed by atoms with Crippen molar-refractivity contribution in [3.05, 3.63) is 35.4 Å². The molecule has 0 bridgehead atoms. The molecule has 3 amide bonds. The number of likely N-dealkylation sites (tertiary alicyclic amines) is 1. The summed E-state index contributed by atoms with van der Waals surface area (Å²) in [5, 5.41) is 12.2. The number of hydrogen-bond donors (Lipinski definition) is 2. The maximum atomic E-state index is 12.8. The number of carbonyl (C=O) groups is 3. The summed E-state index contributed by atoms with van der Waals surface area (Å²) in [5.74, 6) is -0.631. The molecule has 2 heterocycles. The van der Waals surface area contributed by atoms with Crippen molar-refractivity contribution in [3.63, 3.8) is 0 Å². The summed E-state index contributed by atoms with van der Waals surface area (Å²) in [7, 11) is 0. The van der Waals surface area contributed by atoms with Crippen LogP contribution in [-0.4, -0.2) is 46.4 Å². The predicted octanol–water partition coefficient (Wildman–Crippen LogP) is 1.27. The van der Waals surface area contributed by atoms with Gasteiger partial charge in [-0.15, -0.1) is 0 Å². The van der Waals surface area contributed by atoms with Gasteiger partial charge in [0.2, 0.25) is 11.8 Å². The molecule has 0 aliphatic carbocycles. The molecule has 2 aliphatic rings. The molecule has 0 unspecified atom stereocenters. The largest absolute Gasteiger partial charge is 0.390 e. The second kappa shape index (κ2) is 6.26. The summed E-state index contributed by atoms with van der Waals surface area (Å²) >= 11 is 0. The van der Waals surface area contributed by atoms with Gasteiger partial charge in [0, 0.05) is 25.1 Å². The van der Waals surface area contributed by atoms with Crippen molar-refractivity contribution in [1.29, 1.82) is 0 Å². The highest BCUT2D eigenvalue weighted by atomic mass is 16.3. The number of benzene rings is 1. The normalized spacial score (nSPS) is 23.4. The molecule has 2 aliphatic heterocycles. The van der Waals surface area contributed by atoms with Crippen molar-refractivity contribution >= 4 is 17.7 Å². The fourth-order valence-electron chi connectivity index (χ4n) is 3.56. The highest BCUT2D eigenvalue weighted by Crippen LogP contribution is 2.38. The van der Waals surface area contributed by atoms with Gasteiger partial charge in [-0.2, -0.15) is 0 Å². The average Bonchev–Trinajstić information content (AvgIpc) is 3.08. The smallest absolute Gasteiger partial charge is 0.253 e. The molecule has 3 rings (SSSR count). The number of imide groups is 1. The van der Waals surface area contributed by atoms with E-state index in [4.69, 9.17) is 0 Å². The van der Waals surface area contributed by atoms with Crippen molar-refractivity contribution in [2.24, 2.45) is 5.41 Å². The van der Waals surface area contributed by atoms with Gasteiger partial charge in [0.15, 0.2) is 0 Å². The Kier molecular flexibility index (Phi) is 4.41. The average molecular weight is 344 g/mol. The molecule has 134 valence electrons. The van der Waals surface area contributed by atoms with Crippen LogP contribution in [0.15, 0.2) is 24.3 Å². The summed E-state index contributed by atoms with van der Waals surface area (Å²) in [5.41, 5.74) is 0.0836. The van der Waals surface area contributed by atoms with E-state index in [-0.39, 0.29) is 30.7 Å². The Labute approximate surface area is 147 Å². The van der Waals surface area contributed by atoms with Crippen molar-refractivity contribution < 1.29 is 19.5 Å². The molecule has 1 spiro atoms. The van der Waals surface area contributed by atoms with Gasteiger partial charge in [0.25, 0.3) is 5.91 Å². The quantitative estimate of drug-likeness (QED) is 0.806. The van der Waals surface area contributed by atoms with Gasteiger partial charge >= 0.3 is 0 Å². The van der Waals surface area contributed by atoms with Gasteiger partial charge in [0.05, 0.1) is 11.0 Å². The molecular weight excluding hydrogens is 320 g/mol. The highest BCUT2D eigenvalue weighted by molar-refractivity contribution is 6.06. The first-order valence-corrected chi connectivity index (χ1v) is 8.63. The Morgan fingerprint density at radius 2 is 2.12 bits per heavy atom. The first-order chi connectivity index (χ1) is 11.7. The fourth-order valence-corrected chi connectivity index (χ4v) is 3.56. The Bertz CT molecular complexity index is 722. The Morgan fingerprint density at radius 3 is 2.76 bits per heavy atom. The maximum Gasteiger partial charge on any atom is 0.253 e. The van der Waals surface area contributed by atoms with Crippen LogP contribution >= 0.6 is 0 Å². The van der Waals surface area contributed by atoms with E-state index in [0.717, 1.165) is 5.56 Å². The van der Waals surface area contributed by atoms with E-state index in [1.165, 1.54) is 0 Å². The summed E-state index contributed by atoms with van der Waals surface area (Å²) in [4.78, 5) is 38.0. The van der Waals surface area contributed by atoms with Crippen LogP contribution in [0, 0.1) is 5.41 Å². The van der Waals surface area contributed by atoms with E-state index >= 15 is 0 Å². The van der Waals surface area contributed by atoms with Crippen LogP contribution in [0.3, 0.4) is 0 Å². The molecule has 1 aromatic rings. The van der Waals surface area contributed by atoms with Crippen LogP contribution in [0.4, 0.5) is 0 Å². The van der Waals surface area contributed by atoms with Crippen molar-refractivity contribution in [2.45, 2.75) is 45.1 Å². The fraction of sp³-hybridized carbons (Fsp3) is 0.526. The molecular formula is C19H24N2O4. The molecule has 2 N–H and O–H groups in total. The number of hydrogen-bond acceptors (Lipinski definition) is 4. The zero-order valence-corrected chi connectivity index (χ0v) is 14.7. The number of nitrogens with zero attached hydrogens (tertiary/aromatic N) is 1. The third kappa shape index (κ3) is 3.74. The van der Waals surface area contributed by atoms with Gasteiger partial charge in [-0.05, 0) is 50.8 Å². The number of aryl methyl sites for hydroxylation is 1. The molecule has 2 fully saturated rings. The van der Waals surface area contributed by atoms with Gasteiger partial charge in [-0.3, -0.25) is 19.7 Å². The summed E-state index contributed by atoms with van der Waals surface area (Å²) in [6.45, 7) is 4.30. The van der Waals surface area contributed by atoms with Crippen LogP contribution in [0.1, 0.15) is 49.0 Å². The lowest BCUT2D eigenvalue weighted by atomic mass is 9.85. The van der Waals surface area contributed by atoms with Crippen LogP contribution in [0.25, 0.3) is 0 Å². The molecule has 1 atom stereocenters. The third-order valence-corrected chi connectivity index (χ3v) is 5.07. The second-order valence-corrected chi connectivity index (χ2v) is 7.82. The van der Waals surface area contributed by atoms with Crippen LogP contribution in [0.2, 0.25) is 0 Å². The van der Waals surface area contributed by atoms with Crippen molar-refractivity contribution in [3.8, 4) is 0 Å². The first-order valence-electron chi connectivity index (χ1n) is 8.63. The lowest BCUT2D eigenvalue weighted by Crippen LogP contribution is -2.36. The minimum Gasteiger partial charge on any atom is -0.390 e. The van der Waals surface area contributed by atoms with Crippen molar-refractivity contribution in [2.75, 3.05) is 13.1 Å². The zero-order valence-electron chi connectivity index (χ0n) is 14.7. The molecule has 6 heteroatoms. The number of rotatable bonds is 4. The molecule has 1 aromatic carbocycles. The molecule has 6 nitrogen and oxygen atoms in total. The second-order valence-electron chi connectivity index (χ2n) is 7.82. The molecule has 0 saturated carbocycles. The van der Waals surface area contributed by atoms with E-state index in [2.05, 4.69) is 5.32 Å². The summed E-state index contributed by atoms with van der Waals surface area (Å²) < 4.78 is 0. The van der Waals surface area contributed by atoms with E-state index in [0.29, 0.717) is 31.4 Å². The Balaban J connectivity index is 1.70. The SMILES string of the molecule is CC(C)(O)CCc1cccc(C(=O)N2CC[C@]3(CC(=O)NC3=O)C2)c1. The van der Waals surface area contributed by atoms with Crippen LogP contribution < -0.4 is 5.32 Å². The molecule has 0 radical (unpaired) electrons. The van der Waals surface area contributed by atoms with E-state index in [1.54, 1.807) is 24.8 Å². The Morgan fingerprint density at radius 1 is 1.36 bits per heavy atom. The topological polar surface area (TPSA) is 86.7 Å². The van der Waals surface area contributed by atoms with Gasteiger partial charge < -0.3 is 10.0 Å².